The molecule has 0 atom stereocenters. The molecule has 0 aliphatic heterocycles. The van der Waals surface area contributed by atoms with E-state index in [0.29, 0.717) is 5.69 Å². The summed E-state index contributed by atoms with van der Waals surface area (Å²) in [4.78, 5) is 6.44. The number of hydrogen-bond donors (Lipinski definition) is 1. The summed E-state index contributed by atoms with van der Waals surface area (Å²) in [6, 6.07) is 9.80. The maximum atomic E-state index is 8.49. The highest BCUT2D eigenvalue weighted by molar-refractivity contribution is 5.93. The molecule has 0 saturated carbocycles. The number of nitrogens with zero attached hydrogens (tertiary/aromatic N) is 3. The van der Waals surface area contributed by atoms with Crippen LogP contribution in [0.2, 0.25) is 0 Å². The highest BCUT2D eigenvalue weighted by Crippen LogP contribution is 2.23. The van der Waals surface area contributed by atoms with Crippen molar-refractivity contribution in [3.63, 3.8) is 0 Å². The Kier molecular flexibility index (Phi) is 2.72. The molecule has 0 spiro atoms. The van der Waals surface area contributed by atoms with E-state index < -0.39 is 0 Å². The summed E-state index contributed by atoms with van der Waals surface area (Å²) < 4.78 is 0. The molecule has 0 saturated heterocycles. The molecule has 0 bridgehead atoms. The zero-order chi connectivity index (χ0) is 11.5. The van der Waals surface area contributed by atoms with Gasteiger partial charge in [-0.3, -0.25) is 0 Å². The van der Waals surface area contributed by atoms with E-state index in [1.807, 2.05) is 49.3 Å². The number of pyridine rings is 1. The number of fused-ring (bicyclic) bond motifs is 1. The van der Waals surface area contributed by atoms with Gasteiger partial charge in [0.05, 0.1) is 23.1 Å². The highest BCUT2D eigenvalue weighted by Gasteiger charge is 2.04. The average Bonchev–Trinajstić information content (AvgIpc) is 2.28. The van der Waals surface area contributed by atoms with Crippen LogP contribution in [-0.4, -0.2) is 30.5 Å². The van der Waals surface area contributed by atoms with Gasteiger partial charge in [-0.25, -0.2) is 4.98 Å². The Balaban J connectivity index is 2.68. The highest BCUT2D eigenvalue weighted by atomic mass is 16.4. The van der Waals surface area contributed by atoms with Crippen molar-refractivity contribution in [2.45, 2.75) is 0 Å². The van der Waals surface area contributed by atoms with Crippen molar-refractivity contribution >= 4 is 22.8 Å². The van der Waals surface area contributed by atoms with Crippen molar-refractivity contribution in [2.75, 3.05) is 19.0 Å². The molecule has 0 aliphatic carbocycles. The third-order valence-electron chi connectivity index (χ3n) is 2.39. The van der Waals surface area contributed by atoms with Gasteiger partial charge in [0, 0.05) is 19.5 Å². The molecule has 1 N–H and O–H groups in total. The van der Waals surface area contributed by atoms with Crippen LogP contribution >= 0.6 is 0 Å². The van der Waals surface area contributed by atoms with Crippen LogP contribution in [0.3, 0.4) is 0 Å². The largest absolute Gasteiger partial charge is 0.411 e. The van der Waals surface area contributed by atoms with Crippen molar-refractivity contribution in [3.05, 3.63) is 36.0 Å². The Hall–Kier alpha value is -2.10. The monoisotopic (exact) mass is 215 g/mol. The zero-order valence-corrected chi connectivity index (χ0v) is 9.25. The van der Waals surface area contributed by atoms with Crippen LogP contribution in [0.15, 0.2) is 35.5 Å². The molecule has 0 radical (unpaired) electrons. The van der Waals surface area contributed by atoms with Crippen molar-refractivity contribution in [1.82, 2.24) is 4.98 Å². The molecule has 4 nitrogen and oxygen atoms in total. The van der Waals surface area contributed by atoms with E-state index >= 15 is 0 Å². The topological polar surface area (TPSA) is 48.7 Å². The molecule has 4 heteroatoms. The van der Waals surface area contributed by atoms with Crippen molar-refractivity contribution < 1.29 is 5.21 Å². The first kappa shape index (κ1) is 10.4. The molecule has 2 rings (SSSR count). The number of aromatic nitrogens is 1. The maximum absolute atomic E-state index is 8.49. The second-order valence-electron chi connectivity index (χ2n) is 3.72. The Morgan fingerprint density at radius 1 is 1.25 bits per heavy atom. The smallest absolute Gasteiger partial charge is 0.0943 e. The van der Waals surface area contributed by atoms with Gasteiger partial charge in [-0.15, -0.1) is 0 Å². The molecule has 0 aliphatic rings. The summed E-state index contributed by atoms with van der Waals surface area (Å²) >= 11 is 0. The van der Waals surface area contributed by atoms with Crippen LogP contribution in [0.25, 0.3) is 10.9 Å². The average molecular weight is 215 g/mol. The molecule has 16 heavy (non-hydrogen) atoms. The Bertz CT molecular complexity index is 535. The number of oxime groups is 1. The fourth-order valence-electron chi connectivity index (χ4n) is 1.64. The fraction of sp³-hybridized carbons (Fsp3) is 0.167. The minimum Gasteiger partial charge on any atom is -0.411 e. The second-order valence-corrected chi connectivity index (χ2v) is 3.72. The first-order valence-electron chi connectivity index (χ1n) is 4.97. The Morgan fingerprint density at radius 3 is 2.75 bits per heavy atom. The minimum atomic E-state index is 0.643. The normalized spacial score (nSPS) is 11.1. The van der Waals surface area contributed by atoms with Crippen molar-refractivity contribution in [1.29, 1.82) is 0 Å². The first-order chi connectivity index (χ1) is 7.72. The predicted octanol–water partition coefficient (Wildman–Crippen LogP) is 2.11. The first-order valence-corrected chi connectivity index (χ1v) is 4.97. The number of anilines is 1. The van der Waals surface area contributed by atoms with Gasteiger partial charge in [-0.2, -0.15) is 0 Å². The Labute approximate surface area is 93.8 Å². The molecular weight excluding hydrogens is 202 g/mol. The van der Waals surface area contributed by atoms with Gasteiger partial charge in [-0.05, 0) is 12.1 Å². The zero-order valence-electron chi connectivity index (χ0n) is 9.25. The van der Waals surface area contributed by atoms with Crippen molar-refractivity contribution in [3.8, 4) is 0 Å². The van der Waals surface area contributed by atoms with Gasteiger partial charge in [0.1, 0.15) is 0 Å². The van der Waals surface area contributed by atoms with Gasteiger partial charge in [0.25, 0.3) is 0 Å². The minimum absolute atomic E-state index is 0.643. The lowest BCUT2D eigenvalue weighted by Gasteiger charge is -2.14. The second kappa shape index (κ2) is 4.18. The summed E-state index contributed by atoms with van der Waals surface area (Å²) in [5.74, 6) is 0. The van der Waals surface area contributed by atoms with Gasteiger partial charge in [-0.1, -0.05) is 23.4 Å². The standard InChI is InChI=1S/C12H13N3O/c1-15(2)11-5-3-4-9-6-7-10(8-13-16)14-12(9)11/h3-8,16H,1-2H3/b13-8+. The van der Waals surface area contributed by atoms with Gasteiger partial charge in [0.15, 0.2) is 0 Å². The molecule has 1 heterocycles. The van der Waals surface area contributed by atoms with Crippen LogP contribution in [0, 0.1) is 0 Å². The summed E-state index contributed by atoms with van der Waals surface area (Å²) in [5, 5.41) is 12.5. The lowest BCUT2D eigenvalue weighted by molar-refractivity contribution is 0.321. The van der Waals surface area contributed by atoms with E-state index in [1.165, 1.54) is 6.21 Å². The van der Waals surface area contributed by atoms with E-state index in [2.05, 4.69) is 10.1 Å². The SMILES string of the molecule is CN(C)c1cccc2ccc(/C=N/O)nc12. The molecule has 1 aromatic carbocycles. The molecule has 0 amide bonds. The molecular formula is C12H13N3O. The molecule has 0 fully saturated rings. The van der Waals surface area contributed by atoms with Gasteiger partial charge < -0.3 is 10.1 Å². The van der Waals surface area contributed by atoms with Crippen LogP contribution < -0.4 is 4.90 Å². The molecule has 1 aromatic heterocycles. The third kappa shape index (κ3) is 1.82. The molecule has 2 aromatic rings. The van der Waals surface area contributed by atoms with Crippen LogP contribution in [0.4, 0.5) is 5.69 Å². The van der Waals surface area contributed by atoms with Gasteiger partial charge in [0.2, 0.25) is 0 Å². The quantitative estimate of drug-likeness (QED) is 0.474. The third-order valence-corrected chi connectivity index (χ3v) is 2.39. The maximum Gasteiger partial charge on any atom is 0.0943 e. The van der Waals surface area contributed by atoms with E-state index in [1.54, 1.807) is 0 Å². The number of rotatable bonds is 2. The van der Waals surface area contributed by atoms with Crippen molar-refractivity contribution in [2.24, 2.45) is 5.16 Å². The summed E-state index contributed by atoms with van der Waals surface area (Å²) in [7, 11) is 3.95. The summed E-state index contributed by atoms with van der Waals surface area (Å²) in [6.45, 7) is 0. The predicted molar refractivity (Wildman–Crippen MR) is 65.5 cm³/mol. The van der Waals surface area contributed by atoms with Crippen LogP contribution in [-0.2, 0) is 0 Å². The van der Waals surface area contributed by atoms with Crippen LogP contribution in [0.5, 0.6) is 0 Å². The van der Waals surface area contributed by atoms with E-state index in [9.17, 15) is 0 Å². The lowest BCUT2D eigenvalue weighted by atomic mass is 10.1. The number of benzene rings is 1. The summed E-state index contributed by atoms with van der Waals surface area (Å²) in [5.41, 5.74) is 2.60. The van der Waals surface area contributed by atoms with E-state index in [0.717, 1.165) is 16.6 Å². The van der Waals surface area contributed by atoms with E-state index in [-0.39, 0.29) is 0 Å². The fourth-order valence-corrected chi connectivity index (χ4v) is 1.64. The lowest BCUT2D eigenvalue weighted by Crippen LogP contribution is -2.09. The molecule has 0 unspecified atom stereocenters. The number of para-hydroxylation sites is 1. The molecule has 82 valence electrons. The van der Waals surface area contributed by atoms with Gasteiger partial charge >= 0.3 is 0 Å². The number of hydrogen-bond acceptors (Lipinski definition) is 4. The summed E-state index contributed by atoms with van der Waals surface area (Å²) in [6.07, 6.45) is 1.33. The van der Waals surface area contributed by atoms with E-state index in [4.69, 9.17) is 5.21 Å². The Morgan fingerprint density at radius 2 is 2.06 bits per heavy atom. The van der Waals surface area contributed by atoms with Crippen LogP contribution in [0.1, 0.15) is 5.69 Å².